The third-order valence-corrected chi connectivity index (χ3v) is 2.90. The summed E-state index contributed by atoms with van der Waals surface area (Å²) in [6.45, 7) is 2.14. The summed E-state index contributed by atoms with van der Waals surface area (Å²) in [5.41, 5.74) is 5.50. The Kier molecular flexibility index (Phi) is 3.02. The van der Waals surface area contributed by atoms with Gasteiger partial charge in [-0.25, -0.2) is 4.98 Å². The van der Waals surface area contributed by atoms with Crippen molar-refractivity contribution in [2.45, 2.75) is 12.7 Å². The van der Waals surface area contributed by atoms with Gasteiger partial charge >= 0.3 is 0 Å². The Bertz CT molecular complexity index is 197. The summed E-state index contributed by atoms with van der Waals surface area (Å²) in [5, 5.41) is 1.94. The highest BCUT2D eigenvalue weighted by Crippen LogP contribution is 2.19. The number of nitrogens with two attached hydrogens (primary N) is 1. The molecule has 4 heteroatoms. The number of thiazole rings is 1. The van der Waals surface area contributed by atoms with Crippen LogP contribution in [0.5, 0.6) is 0 Å². The molecular formula is C6H10N2S2. The van der Waals surface area contributed by atoms with E-state index in [1.54, 1.807) is 17.5 Å². The molecule has 1 heterocycles. The Balaban J connectivity index is 2.42. The Morgan fingerprint density at radius 1 is 1.80 bits per heavy atom. The van der Waals surface area contributed by atoms with Crippen LogP contribution in [0.2, 0.25) is 0 Å². The first kappa shape index (κ1) is 7.88. The van der Waals surface area contributed by atoms with Gasteiger partial charge in [0.15, 0.2) is 0 Å². The first-order chi connectivity index (χ1) is 4.83. The number of nitrogens with zero attached hydrogens (tertiary/aromatic N) is 1. The molecule has 1 aromatic heterocycles. The van der Waals surface area contributed by atoms with E-state index in [2.05, 4.69) is 11.9 Å². The number of thioether (sulfide) groups is 1. The van der Waals surface area contributed by atoms with Crippen molar-refractivity contribution in [1.82, 2.24) is 4.98 Å². The highest BCUT2D eigenvalue weighted by atomic mass is 32.2. The van der Waals surface area contributed by atoms with Gasteiger partial charge in [0, 0.05) is 5.75 Å². The molecule has 2 nitrogen and oxygen atoms in total. The fourth-order valence-electron chi connectivity index (χ4n) is 0.580. The number of nitrogen functional groups attached to an aromatic ring is 1. The molecule has 0 bridgehead atoms. The van der Waals surface area contributed by atoms with Crippen LogP contribution in [0.3, 0.4) is 0 Å². The molecule has 0 aliphatic carbocycles. The monoisotopic (exact) mass is 174 g/mol. The van der Waals surface area contributed by atoms with E-state index >= 15 is 0 Å². The number of hydrogen-bond acceptors (Lipinski definition) is 4. The van der Waals surface area contributed by atoms with Gasteiger partial charge < -0.3 is 5.73 Å². The molecule has 1 rings (SSSR count). The van der Waals surface area contributed by atoms with Crippen molar-refractivity contribution >= 4 is 28.1 Å². The van der Waals surface area contributed by atoms with E-state index < -0.39 is 0 Å². The molecule has 56 valence electrons. The van der Waals surface area contributed by atoms with Gasteiger partial charge in [0.1, 0.15) is 10.0 Å². The number of anilines is 1. The molecule has 0 unspecified atom stereocenters. The van der Waals surface area contributed by atoms with E-state index in [0.717, 1.165) is 21.5 Å². The first-order valence-corrected chi connectivity index (χ1v) is 5.08. The van der Waals surface area contributed by atoms with Gasteiger partial charge in [0.2, 0.25) is 0 Å². The molecule has 0 aliphatic heterocycles. The maximum atomic E-state index is 5.50. The van der Waals surface area contributed by atoms with Gasteiger partial charge in [-0.3, -0.25) is 0 Å². The smallest absolute Gasteiger partial charge is 0.106 e. The molecule has 0 radical (unpaired) electrons. The van der Waals surface area contributed by atoms with Gasteiger partial charge in [0.25, 0.3) is 0 Å². The minimum atomic E-state index is 0.812. The molecule has 0 fully saturated rings. The van der Waals surface area contributed by atoms with Crippen LogP contribution in [-0.2, 0) is 5.75 Å². The van der Waals surface area contributed by atoms with Crippen molar-refractivity contribution in [3.63, 3.8) is 0 Å². The van der Waals surface area contributed by atoms with E-state index in [1.165, 1.54) is 0 Å². The molecule has 0 aromatic carbocycles. The molecule has 0 saturated carbocycles. The molecule has 2 N–H and O–H groups in total. The standard InChI is InChI=1S/C6H10N2S2/c1-2-9-4-6-8-3-5(7)10-6/h3H,2,4,7H2,1H3. The lowest BCUT2D eigenvalue weighted by Crippen LogP contribution is -1.76. The summed E-state index contributed by atoms with van der Waals surface area (Å²) in [6.07, 6.45) is 1.72. The molecule has 0 amide bonds. The fraction of sp³-hybridized carbons (Fsp3) is 0.500. The summed E-state index contributed by atoms with van der Waals surface area (Å²) in [5.74, 6) is 2.14. The molecule has 0 saturated heterocycles. The maximum absolute atomic E-state index is 5.50. The van der Waals surface area contributed by atoms with E-state index in [0.29, 0.717) is 0 Å². The minimum Gasteiger partial charge on any atom is -0.389 e. The van der Waals surface area contributed by atoms with Crippen molar-refractivity contribution < 1.29 is 0 Å². The van der Waals surface area contributed by atoms with Crippen LogP contribution in [0.15, 0.2) is 6.20 Å². The summed E-state index contributed by atoms with van der Waals surface area (Å²) < 4.78 is 0. The van der Waals surface area contributed by atoms with Crippen molar-refractivity contribution in [2.24, 2.45) is 0 Å². The van der Waals surface area contributed by atoms with Crippen LogP contribution in [0.25, 0.3) is 0 Å². The zero-order chi connectivity index (χ0) is 7.40. The normalized spacial score (nSPS) is 10.1. The average molecular weight is 174 g/mol. The Hall–Kier alpha value is -0.220. The zero-order valence-corrected chi connectivity index (χ0v) is 7.47. The van der Waals surface area contributed by atoms with E-state index in [1.807, 2.05) is 11.8 Å². The summed E-state index contributed by atoms with van der Waals surface area (Å²) >= 11 is 3.44. The molecule has 0 spiro atoms. The van der Waals surface area contributed by atoms with Crippen LogP contribution in [-0.4, -0.2) is 10.7 Å². The lowest BCUT2D eigenvalue weighted by atomic mass is 10.8. The van der Waals surface area contributed by atoms with E-state index in [4.69, 9.17) is 5.73 Å². The van der Waals surface area contributed by atoms with Crippen LogP contribution >= 0.6 is 23.1 Å². The molecule has 0 atom stereocenters. The SMILES string of the molecule is CCSCc1ncc(N)s1. The van der Waals surface area contributed by atoms with Gasteiger partial charge in [-0.15, -0.1) is 11.3 Å². The molecule has 0 aliphatic rings. The second-order valence-electron chi connectivity index (χ2n) is 1.79. The average Bonchev–Trinajstić information content (AvgIpc) is 2.31. The molecular weight excluding hydrogens is 164 g/mol. The Morgan fingerprint density at radius 3 is 3.10 bits per heavy atom. The highest BCUT2D eigenvalue weighted by Gasteiger charge is 1.96. The van der Waals surface area contributed by atoms with Crippen molar-refractivity contribution in [2.75, 3.05) is 11.5 Å². The fourth-order valence-corrected chi connectivity index (χ4v) is 2.00. The van der Waals surface area contributed by atoms with Crippen LogP contribution in [0.4, 0.5) is 5.00 Å². The maximum Gasteiger partial charge on any atom is 0.106 e. The van der Waals surface area contributed by atoms with E-state index in [9.17, 15) is 0 Å². The lowest BCUT2D eigenvalue weighted by Gasteiger charge is -1.89. The Morgan fingerprint density at radius 2 is 2.60 bits per heavy atom. The third-order valence-electron chi connectivity index (χ3n) is 1.00. The second kappa shape index (κ2) is 3.83. The summed E-state index contributed by atoms with van der Waals surface area (Å²) in [6, 6.07) is 0. The summed E-state index contributed by atoms with van der Waals surface area (Å²) in [7, 11) is 0. The second-order valence-corrected chi connectivity index (χ2v) is 4.21. The first-order valence-electron chi connectivity index (χ1n) is 3.11. The predicted molar refractivity (Wildman–Crippen MR) is 48.4 cm³/mol. The lowest BCUT2D eigenvalue weighted by molar-refractivity contribution is 1.27. The third kappa shape index (κ3) is 2.19. The van der Waals surface area contributed by atoms with Gasteiger partial charge in [0.05, 0.1) is 6.20 Å². The minimum absolute atomic E-state index is 0.812. The van der Waals surface area contributed by atoms with Gasteiger partial charge in [-0.1, -0.05) is 6.92 Å². The topological polar surface area (TPSA) is 38.9 Å². The predicted octanol–water partition coefficient (Wildman–Crippen LogP) is 1.98. The summed E-state index contributed by atoms with van der Waals surface area (Å²) in [4.78, 5) is 4.13. The number of aromatic nitrogens is 1. The quantitative estimate of drug-likeness (QED) is 0.761. The number of hydrogen-bond donors (Lipinski definition) is 1. The van der Waals surface area contributed by atoms with Gasteiger partial charge in [-0.2, -0.15) is 11.8 Å². The number of rotatable bonds is 3. The molecule has 1 aromatic rings. The van der Waals surface area contributed by atoms with Crippen LogP contribution in [0.1, 0.15) is 11.9 Å². The van der Waals surface area contributed by atoms with Gasteiger partial charge in [-0.05, 0) is 5.75 Å². The largest absolute Gasteiger partial charge is 0.389 e. The van der Waals surface area contributed by atoms with Crippen molar-refractivity contribution in [1.29, 1.82) is 0 Å². The van der Waals surface area contributed by atoms with Crippen LogP contribution in [0, 0.1) is 0 Å². The van der Waals surface area contributed by atoms with E-state index in [-0.39, 0.29) is 0 Å². The highest BCUT2D eigenvalue weighted by molar-refractivity contribution is 7.98. The molecule has 10 heavy (non-hydrogen) atoms. The van der Waals surface area contributed by atoms with Crippen molar-refractivity contribution in [3.8, 4) is 0 Å². The van der Waals surface area contributed by atoms with Crippen LogP contribution < -0.4 is 5.73 Å². The zero-order valence-electron chi connectivity index (χ0n) is 5.83. The Labute approximate surface area is 68.8 Å². The van der Waals surface area contributed by atoms with Crippen molar-refractivity contribution in [3.05, 3.63) is 11.2 Å².